The van der Waals surface area contributed by atoms with Crippen LogP contribution in [0.15, 0.2) is 36.4 Å². The summed E-state index contributed by atoms with van der Waals surface area (Å²) >= 11 is 12.6. The van der Waals surface area contributed by atoms with E-state index in [9.17, 15) is 9.59 Å². The summed E-state index contributed by atoms with van der Waals surface area (Å²) in [5.74, 6) is 0.661. The summed E-state index contributed by atoms with van der Waals surface area (Å²) in [6.45, 7) is 15.3. The largest absolute Gasteiger partial charge is 0.494 e. The lowest BCUT2D eigenvalue weighted by atomic mass is 9.98. The lowest BCUT2D eigenvalue weighted by Gasteiger charge is -2.40. The minimum Gasteiger partial charge on any atom is -0.494 e. The Morgan fingerprint density at radius 3 is 2.47 bits per heavy atom. The molecule has 2 aromatic rings. The van der Waals surface area contributed by atoms with Crippen LogP contribution >= 0.6 is 23.2 Å². The molecule has 1 fully saturated rings. The predicted octanol–water partition coefficient (Wildman–Crippen LogP) is 7.25. The van der Waals surface area contributed by atoms with E-state index in [2.05, 4.69) is 16.7 Å². The molecule has 0 atom stereocenters. The van der Waals surface area contributed by atoms with Gasteiger partial charge in [-0.2, -0.15) is 0 Å². The van der Waals surface area contributed by atoms with Gasteiger partial charge in [-0.15, -0.1) is 0 Å². The van der Waals surface area contributed by atoms with E-state index in [0.29, 0.717) is 35.2 Å². The van der Waals surface area contributed by atoms with E-state index in [0.717, 1.165) is 68.9 Å². The first kappa shape index (κ1) is 33.2. The number of unbranched alkanes of at least 4 members (excludes halogenated alkanes) is 1. The molecular formula is C33H46Cl2N4O4. The summed E-state index contributed by atoms with van der Waals surface area (Å²) in [7, 11) is 0. The van der Waals surface area contributed by atoms with Crippen molar-refractivity contribution >= 4 is 46.6 Å². The van der Waals surface area contributed by atoms with Crippen molar-refractivity contribution in [2.24, 2.45) is 0 Å². The fourth-order valence-electron chi connectivity index (χ4n) is 5.84. The van der Waals surface area contributed by atoms with Crippen molar-refractivity contribution in [1.29, 1.82) is 0 Å². The molecule has 8 nitrogen and oxygen atoms in total. The fourth-order valence-corrected chi connectivity index (χ4v) is 6.26. The van der Waals surface area contributed by atoms with Gasteiger partial charge in [0, 0.05) is 50.2 Å². The van der Waals surface area contributed by atoms with Crippen LogP contribution in [0.3, 0.4) is 0 Å². The molecule has 0 radical (unpaired) electrons. The number of hydrogen-bond donors (Lipinski definition) is 0. The lowest BCUT2D eigenvalue weighted by Crippen LogP contribution is -2.52. The highest BCUT2D eigenvalue weighted by Crippen LogP contribution is 2.34. The van der Waals surface area contributed by atoms with Crippen LogP contribution in [0, 0.1) is 0 Å². The smallest absolute Gasteiger partial charge is 0.412 e. The number of hydrogen-bond acceptors (Lipinski definition) is 6. The van der Waals surface area contributed by atoms with Gasteiger partial charge in [0.25, 0.3) is 0 Å². The first-order valence-electron chi connectivity index (χ1n) is 15.4. The molecule has 4 rings (SSSR count). The van der Waals surface area contributed by atoms with Crippen molar-refractivity contribution in [2.75, 3.05) is 55.9 Å². The number of piperazine rings is 1. The number of halogens is 2. The summed E-state index contributed by atoms with van der Waals surface area (Å²) in [4.78, 5) is 34.0. The molecule has 2 aromatic carbocycles. The maximum Gasteiger partial charge on any atom is 0.412 e. The van der Waals surface area contributed by atoms with E-state index in [1.165, 1.54) is 0 Å². The molecule has 2 aliphatic rings. The Morgan fingerprint density at radius 2 is 1.77 bits per heavy atom. The molecule has 0 saturated carbocycles. The van der Waals surface area contributed by atoms with E-state index in [4.69, 9.17) is 32.7 Å². The third-order valence-electron chi connectivity index (χ3n) is 8.59. The van der Waals surface area contributed by atoms with Gasteiger partial charge in [-0.25, -0.2) is 4.79 Å². The van der Waals surface area contributed by atoms with Crippen molar-refractivity contribution in [3.63, 3.8) is 0 Å². The number of rotatable bonds is 12. The SMILES string of the molecule is CCC(C)(C)N(C(=O)OCN1C(=O)CCc2ccc(OCCCCN3CCN(c4cccc(Cl)c4Cl)CC3)cc21)C(C)C. The molecule has 2 heterocycles. The number of aryl methyl sites for hydroxylation is 1. The highest BCUT2D eigenvalue weighted by molar-refractivity contribution is 6.43. The quantitative estimate of drug-likeness (QED) is 0.230. The van der Waals surface area contributed by atoms with Gasteiger partial charge in [0.15, 0.2) is 6.73 Å². The van der Waals surface area contributed by atoms with Gasteiger partial charge in [0.05, 0.1) is 28.0 Å². The van der Waals surface area contributed by atoms with Gasteiger partial charge >= 0.3 is 6.09 Å². The summed E-state index contributed by atoms with van der Waals surface area (Å²) in [5.41, 5.74) is 2.46. The van der Waals surface area contributed by atoms with Crippen molar-refractivity contribution in [3.05, 3.63) is 52.0 Å². The topological polar surface area (TPSA) is 65.6 Å². The average molecular weight is 634 g/mol. The van der Waals surface area contributed by atoms with Crippen molar-refractivity contribution in [3.8, 4) is 5.75 Å². The number of nitrogens with zero attached hydrogens (tertiary/aromatic N) is 4. The molecule has 0 aliphatic carbocycles. The van der Waals surface area contributed by atoms with E-state index >= 15 is 0 Å². The van der Waals surface area contributed by atoms with Crippen molar-refractivity contribution in [2.45, 2.75) is 78.3 Å². The molecule has 0 bridgehead atoms. The van der Waals surface area contributed by atoms with Crippen LogP contribution in [-0.4, -0.2) is 79.4 Å². The molecule has 0 unspecified atom stereocenters. The predicted molar refractivity (Wildman–Crippen MR) is 175 cm³/mol. The molecule has 2 aliphatic heterocycles. The van der Waals surface area contributed by atoms with Crippen molar-refractivity contribution in [1.82, 2.24) is 9.80 Å². The number of benzene rings is 2. The molecule has 43 heavy (non-hydrogen) atoms. The summed E-state index contributed by atoms with van der Waals surface area (Å²) in [6, 6.07) is 11.6. The first-order valence-corrected chi connectivity index (χ1v) is 16.2. The van der Waals surface area contributed by atoms with Crippen LogP contribution in [-0.2, 0) is 16.0 Å². The number of amides is 2. The van der Waals surface area contributed by atoms with E-state index in [-0.39, 0.29) is 24.2 Å². The Bertz CT molecular complexity index is 1260. The van der Waals surface area contributed by atoms with Gasteiger partial charge in [-0.05, 0) is 83.7 Å². The zero-order chi connectivity index (χ0) is 31.1. The molecule has 1 saturated heterocycles. The van der Waals surface area contributed by atoms with Gasteiger partial charge in [0.1, 0.15) is 5.75 Å². The van der Waals surface area contributed by atoms with Gasteiger partial charge < -0.3 is 19.3 Å². The van der Waals surface area contributed by atoms with Crippen LogP contribution in [0.2, 0.25) is 10.0 Å². The molecule has 236 valence electrons. The zero-order valence-electron chi connectivity index (χ0n) is 26.2. The standard InChI is InChI=1S/C33H46Cl2N4O4/c1-6-33(4,5)39(24(2)3)32(41)43-23-38-29-22-26(14-12-25(29)13-15-30(38)40)42-21-8-7-16-36-17-19-37(20-18-36)28-11-9-10-27(34)31(28)35/h9-12,14,22,24H,6-8,13,15-21,23H2,1-5H3. The van der Waals surface area contributed by atoms with E-state index < -0.39 is 6.09 Å². The van der Waals surface area contributed by atoms with Crippen LogP contribution in [0.4, 0.5) is 16.2 Å². The lowest BCUT2D eigenvalue weighted by molar-refractivity contribution is -0.119. The maximum absolute atomic E-state index is 13.1. The number of fused-ring (bicyclic) bond motifs is 1. The van der Waals surface area contributed by atoms with Crippen molar-refractivity contribution < 1.29 is 19.1 Å². The zero-order valence-corrected chi connectivity index (χ0v) is 27.7. The van der Waals surface area contributed by atoms with Gasteiger partial charge in [-0.1, -0.05) is 42.3 Å². The Labute approximate surface area is 266 Å². The molecule has 2 amide bonds. The molecule has 0 aromatic heterocycles. The Hall–Kier alpha value is -2.68. The van der Waals surface area contributed by atoms with E-state index in [1.54, 1.807) is 9.80 Å². The number of carbonyl (C=O) groups excluding carboxylic acids is 2. The van der Waals surface area contributed by atoms with Gasteiger partial charge in [-0.3, -0.25) is 14.6 Å². The Morgan fingerprint density at radius 1 is 1.02 bits per heavy atom. The summed E-state index contributed by atoms with van der Waals surface area (Å²) < 4.78 is 11.8. The summed E-state index contributed by atoms with van der Waals surface area (Å²) in [5, 5.41) is 1.21. The van der Waals surface area contributed by atoms with Crippen LogP contribution in [0.5, 0.6) is 5.75 Å². The number of anilines is 2. The minimum atomic E-state index is -0.413. The van der Waals surface area contributed by atoms with Crippen LogP contribution in [0.25, 0.3) is 0 Å². The average Bonchev–Trinajstić information content (AvgIpc) is 2.98. The monoisotopic (exact) mass is 632 g/mol. The molecule has 0 spiro atoms. The second-order valence-corrected chi connectivity index (χ2v) is 13.0. The molecule has 10 heteroatoms. The maximum atomic E-state index is 13.1. The highest BCUT2D eigenvalue weighted by Gasteiger charge is 2.34. The van der Waals surface area contributed by atoms with Crippen LogP contribution < -0.4 is 14.5 Å². The Balaban J connectivity index is 1.24. The second-order valence-electron chi connectivity index (χ2n) is 12.2. The normalized spacial score (nSPS) is 16.0. The third-order valence-corrected chi connectivity index (χ3v) is 9.39. The summed E-state index contributed by atoms with van der Waals surface area (Å²) in [6.07, 6.45) is 3.39. The number of ether oxygens (including phenoxy) is 2. The van der Waals surface area contributed by atoms with Gasteiger partial charge in [0.2, 0.25) is 5.91 Å². The minimum absolute atomic E-state index is 0.0237. The fraction of sp³-hybridized carbons (Fsp3) is 0.576. The molecule has 0 N–H and O–H groups in total. The third kappa shape index (κ3) is 8.28. The molecular weight excluding hydrogens is 587 g/mol. The Kier molecular flexibility index (Phi) is 11.5. The second kappa shape index (κ2) is 14.9. The highest BCUT2D eigenvalue weighted by atomic mass is 35.5. The van der Waals surface area contributed by atoms with Crippen LogP contribution in [0.1, 0.15) is 65.9 Å². The number of carbonyl (C=O) groups is 2. The first-order chi connectivity index (χ1) is 20.5. The van der Waals surface area contributed by atoms with E-state index in [1.807, 2.05) is 64.1 Å².